The molecule has 0 radical (unpaired) electrons. The summed E-state index contributed by atoms with van der Waals surface area (Å²) in [6.45, 7) is 0. The summed E-state index contributed by atoms with van der Waals surface area (Å²) in [6, 6.07) is 1.31. The predicted octanol–water partition coefficient (Wildman–Crippen LogP) is 0.202. The number of benzene rings is 1. The molecule has 0 saturated heterocycles. The molecule has 5 heteroatoms. The van der Waals surface area contributed by atoms with E-state index in [0.29, 0.717) is 12.1 Å². The van der Waals surface area contributed by atoms with E-state index in [1.165, 1.54) is 0 Å². The number of nitrogens with zero attached hydrogens (tertiary/aromatic N) is 1. The molecule has 13 heavy (non-hydrogen) atoms. The Morgan fingerprint density at radius 1 is 1.08 bits per heavy atom. The van der Waals surface area contributed by atoms with Crippen molar-refractivity contribution in [1.82, 2.24) is 0 Å². The van der Waals surface area contributed by atoms with Crippen molar-refractivity contribution in [3.8, 4) is 0 Å². The highest BCUT2D eigenvalue weighted by Crippen LogP contribution is 2.04. The molecule has 0 atom stereocenters. The molecule has 0 N–H and O–H groups in total. The van der Waals surface area contributed by atoms with Crippen LogP contribution in [0.3, 0.4) is 0 Å². The quantitative estimate of drug-likeness (QED) is 0.567. The molecule has 0 saturated carbocycles. The van der Waals surface area contributed by atoms with E-state index in [1.54, 1.807) is 0 Å². The van der Waals surface area contributed by atoms with Crippen LogP contribution in [0.15, 0.2) is 17.1 Å². The van der Waals surface area contributed by atoms with E-state index in [9.17, 15) is 18.0 Å². The van der Waals surface area contributed by atoms with Crippen LogP contribution in [0.1, 0.15) is 0 Å². The molecule has 1 heterocycles. The van der Waals surface area contributed by atoms with Crippen molar-refractivity contribution in [2.45, 2.75) is 0 Å². The largest absolute Gasteiger partial charge is 0.306 e. The zero-order valence-corrected chi connectivity index (χ0v) is 6.14. The van der Waals surface area contributed by atoms with Gasteiger partial charge in [-0.25, -0.2) is 18.2 Å². The first-order valence-corrected chi connectivity index (χ1v) is 3.37. The maximum atomic E-state index is 12.8. The first-order chi connectivity index (χ1) is 6.09. The van der Waals surface area contributed by atoms with Gasteiger partial charge < -0.3 is 0 Å². The maximum Gasteiger partial charge on any atom is 0.306 e. The van der Waals surface area contributed by atoms with Crippen molar-refractivity contribution in [1.29, 1.82) is 0 Å². The van der Waals surface area contributed by atoms with Gasteiger partial charge in [0.15, 0.2) is 17.5 Å². The molecule has 0 spiro atoms. The Balaban J connectivity index is 2.95. The number of carbonyl (C=O) groups is 1. The molecular formula is C8H2F3NO. The Kier molecular flexibility index (Phi) is 1.48. The van der Waals surface area contributed by atoms with E-state index >= 15 is 0 Å². The van der Waals surface area contributed by atoms with Crippen LogP contribution in [0.25, 0.3) is 5.83 Å². The molecule has 0 unspecified atom stereocenters. The first-order valence-electron chi connectivity index (χ1n) is 3.37. The number of halogens is 3. The number of hydrogen-bond donors (Lipinski definition) is 0. The van der Waals surface area contributed by atoms with Crippen molar-refractivity contribution >= 4 is 11.7 Å². The lowest BCUT2D eigenvalue weighted by Crippen LogP contribution is -2.24. The summed E-state index contributed by atoms with van der Waals surface area (Å²) in [5, 5.41) is -0.453. The fraction of sp³-hybridized carbons (Fsp3) is 0. The zero-order valence-electron chi connectivity index (χ0n) is 6.14. The van der Waals surface area contributed by atoms with Gasteiger partial charge in [-0.05, 0) is 6.07 Å². The molecule has 1 aliphatic heterocycles. The third kappa shape index (κ3) is 1.04. The Bertz CT molecular complexity index is 521. The second-order valence-corrected chi connectivity index (χ2v) is 2.51. The van der Waals surface area contributed by atoms with Gasteiger partial charge in [-0.15, -0.1) is 0 Å². The third-order valence-corrected chi connectivity index (χ3v) is 1.68. The average Bonchev–Trinajstić information content (AvgIpc) is 2.32. The van der Waals surface area contributed by atoms with Gasteiger partial charge in [0.2, 0.25) is 0 Å². The number of rotatable bonds is 0. The van der Waals surface area contributed by atoms with Gasteiger partial charge in [0, 0.05) is 11.3 Å². The van der Waals surface area contributed by atoms with Gasteiger partial charge in [0.25, 0.3) is 0 Å². The Morgan fingerprint density at radius 3 is 2.38 bits per heavy atom. The lowest BCUT2D eigenvalue weighted by Gasteiger charge is -1.88. The number of hydrogen-bond acceptors (Lipinski definition) is 1. The van der Waals surface area contributed by atoms with E-state index in [4.69, 9.17) is 0 Å². The van der Waals surface area contributed by atoms with Crippen LogP contribution in [-0.4, -0.2) is 5.91 Å². The van der Waals surface area contributed by atoms with Crippen LogP contribution in [0, 0.1) is 11.6 Å². The third-order valence-electron chi connectivity index (χ3n) is 1.68. The smallest absolute Gasteiger partial charge is 0.264 e. The van der Waals surface area contributed by atoms with Crippen molar-refractivity contribution in [3.05, 3.63) is 34.3 Å². The van der Waals surface area contributed by atoms with Crippen LogP contribution in [0.2, 0.25) is 0 Å². The second-order valence-electron chi connectivity index (χ2n) is 2.51. The molecule has 1 aromatic rings. The van der Waals surface area contributed by atoms with Gasteiger partial charge in [-0.2, -0.15) is 0 Å². The lowest BCUT2D eigenvalue weighted by molar-refractivity contribution is -0.113. The highest BCUT2D eigenvalue weighted by molar-refractivity contribution is 6.12. The standard InChI is InChI=1S/C8H2F3NO/c9-4-1-3-6(2-5(4)10)12-8(13)7(3)11/h1-2H. The molecule has 2 rings (SSSR count). The van der Waals surface area contributed by atoms with Crippen molar-refractivity contribution < 1.29 is 18.0 Å². The van der Waals surface area contributed by atoms with Crippen LogP contribution < -0.4 is 10.6 Å². The average molecular weight is 185 g/mol. The predicted molar refractivity (Wildman–Crippen MR) is 36.7 cm³/mol. The minimum Gasteiger partial charge on any atom is -0.264 e. The van der Waals surface area contributed by atoms with Gasteiger partial charge in [-0.3, -0.25) is 4.79 Å². The maximum absolute atomic E-state index is 12.8. The minimum absolute atomic E-state index is 0.165. The van der Waals surface area contributed by atoms with Gasteiger partial charge in [0.05, 0.1) is 5.36 Å². The molecule has 1 amide bonds. The molecule has 2 nitrogen and oxygen atoms in total. The SMILES string of the molecule is O=C1N=c2cc(F)c(F)cc2=C1F. The molecule has 1 aromatic carbocycles. The zero-order chi connectivity index (χ0) is 9.59. The topological polar surface area (TPSA) is 29.4 Å². The molecule has 1 aliphatic rings. The highest BCUT2D eigenvalue weighted by atomic mass is 19.2. The first kappa shape index (κ1) is 7.97. The lowest BCUT2D eigenvalue weighted by atomic mass is 10.2. The van der Waals surface area contributed by atoms with Crippen molar-refractivity contribution in [2.75, 3.05) is 0 Å². The Morgan fingerprint density at radius 2 is 1.69 bits per heavy atom. The van der Waals surface area contributed by atoms with Crippen molar-refractivity contribution in [3.63, 3.8) is 0 Å². The summed E-state index contributed by atoms with van der Waals surface area (Å²) >= 11 is 0. The summed E-state index contributed by atoms with van der Waals surface area (Å²) < 4.78 is 37.9. The summed E-state index contributed by atoms with van der Waals surface area (Å²) in [6.07, 6.45) is 0. The molecule has 0 aromatic heterocycles. The van der Waals surface area contributed by atoms with Crippen LogP contribution in [-0.2, 0) is 4.79 Å². The Hall–Kier alpha value is -1.65. The van der Waals surface area contributed by atoms with E-state index in [1.807, 2.05) is 0 Å². The van der Waals surface area contributed by atoms with Crippen LogP contribution >= 0.6 is 0 Å². The van der Waals surface area contributed by atoms with Crippen LogP contribution in [0.5, 0.6) is 0 Å². The highest BCUT2D eigenvalue weighted by Gasteiger charge is 2.17. The fourth-order valence-corrected chi connectivity index (χ4v) is 1.08. The summed E-state index contributed by atoms with van der Waals surface area (Å²) in [7, 11) is 0. The van der Waals surface area contributed by atoms with E-state index in [2.05, 4.69) is 4.99 Å². The molecule has 0 bridgehead atoms. The summed E-state index contributed by atoms with van der Waals surface area (Å²) in [4.78, 5) is 13.8. The number of fused-ring (bicyclic) bond motifs is 1. The monoisotopic (exact) mass is 185 g/mol. The van der Waals surface area contributed by atoms with Gasteiger partial charge in [0.1, 0.15) is 0 Å². The molecule has 0 fully saturated rings. The van der Waals surface area contributed by atoms with E-state index in [-0.39, 0.29) is 10.6 Å². The molecular weight excluding hydrogens is 183 g/mol. The molecule has 66 valence electrons. The Labute approximate surface area is 70.0 Å². The van der Waals surface area contributed by atoms with Gasteiger partial charge in [-0.1, -0.05) is 0 Å². The molecule has 0 aliphatic carbocycles. The van der Waals surface area contributed by atoms with E-state index in [0.717, 1.165) is 0 Å². The fourth-order valence-electron chi connectivity index (χ4n) is 1.08. The number of amides is 1. The normalized spacial score (nSPS) is 14.4. The second kappa shape index (κ2) is 2.42. The van der Waals surface area contributed by atoms with E-state index < -0.39 is 23.4 Å². The minimum atomic E-state index is -1.20. The van der Waals surface area contributed by atoms with Gasteiger partial charge >= 0.3 is 5.91 Å². The summed E-state index contributed by atoms with van der Waals surface area (Å²) in [5.74, 6) is -4.59. The van der Waals surface area contributed by atoms with Crippen molar-refractivity contribution in [2.24, 2.45) is 4.99 Å². The summed E-state index contributed by atoms with van der Waals surface area (Å²) in [5.41, 5.74) is 0. The number of carbonyl (C=O) groups excluding carboxylic acids is 1. The van der Waals surface area contributed by atoms with Crippen LogP contribution in [0.4, 0.5) is 13.2 Å².